The molecule has 3 heteroatoms. The molecular formula is C10H21NS2. The van der Waals surface area contributed by atoms with Crippen molar-refractivity contribution in [2.75, 3.05) is 24.6 Å². The third-order valence-corrected chi connectivity index (χ3v) is 3.86. The van der Waals surface area contributed by atoms with E-state index in [1.165, 1.54) is 32.4 Å². The Labute approximate surface area is 93.1 Å². The van der Waals surface area contributed by atoms with Crippen molar-refractivity contribution < 1.29 is 0 Å². The number of hydrogen-bond donors (Lipinski definition) is 2. The lowest BCUT2D eigenvalue weighted by Gasteiger charge is -2.35. The van der Waals surface area contributed by atoms with Gasteiger partial charge in [0.05, 0.1) is 0 Å². The van der Waals surface area contributed by atoms with Crippen LogP contribution in [0.2, 0.25) is 0 Å². The number of hydrogen-bond acceptors (Lipinski definition) is 3. The fourth-order valence-corrected chi connectivity index (χ4v) is 2.58. The predicted molar refractivity (Wildman–Crippen MR) is 66.1 cm³/mol. The van der Waals surface area contributed by atoms with Crippen LogP contribution in [0.4, 0.5) is 0 Å². The van der Waals surface area contributed by atoms with Gasteiger partial charge in [-0.05, 0) is 50.9 Å². The molecule has 1 unspecified atom stereocenters. The predicted octanol–water partition coefficient (Wildman–Crippen LogP) is 2.34. The third kappa shape index (κ3) is 3.72. The summed E-state index contributed by atoms with van der Waals surface area (Å²) < 4.78 is 0. The van der Waals surface area contributed by atoms with Gasteiger partial charge >= 0.3 is 0 Å². The van der Waals surface area contributed by atoms with Gasteiger partial charge in [-0.15, -0.1) is 0 Å². The summed E-state index contributed by atoms with van der Waals surface area (Å²) in [5, 5.41) is 0. The number of likely N-dealkylation sites (tertiary alicyclic amines) is 1. The van der Waals surface area contributed by atoms with Gasteiger partial charge in [0.25, 0.3) is 0 Å². The van der Waals surface area contributed by atoms with Crippen LogP contribution >= 0.6 is 25.3 Å². The number of piperidine rings is 1. The second kappa shape index (κ2) is 6.20. The molecule has 0 aromatic carbocycles. The molecule has 78 valence electrons. The monoisotopic (exact) mass is 219 g/mol. The maximum Gasteiger partial charge on any atom is 0.0155 e. The van der Waals surface area contributed by atoms with Crippen LogP contribution in [-0.4, -0.2) is 35.5 Å². The average molecular weight is 219 g/mol. The van der Waals surface area contributed by atoms with Crippen molar-refractivity contribution in [3.8, 4) is 0 Å². The molecule has 1 nitrogen and oxygen atoms in total. The first kappa shape index (κ1) is 11.7. The van der Waals surface area contributed by atoms with Gasteiger partial charge in [0, 0.05) is 11.8 Å². The zero-order chi connectivity index (χ0) is 9.68. The summed E-state index contributed by atoms with van der Waals surface area (Å²) in [6.45, 7) is 4.80. The molecule has 1 aliphatic heterocycles. The van der Waals surface area contributed by atoms with Crippen molar-refractivity contribution in [1.82, 2.24) is 4.90 Å². The molecule has 0 bridgehead atoms. The van der Waals surface area contributed by atoms with Crippen molar-refractivity contribution >= 4 is 25.3 Å². The van der Waals surface area contributed by atoms with Gasteiger partial charge in [0.1, 0.15) is 0 Å². The van der Waals surface area contributed by atoms with Crippen LogP contribution in [0.5, 0.6) is 0 Å². The molecule has 0 aromatic rings. The largest absolute Gasteiger partial charge is 0.300 e. The van der Waals surface area contributed by atoms with Crippen LogP contribution < -0.4 is 0 Å². The van der Waals surface area contributed by atoms with Crippen molar-refractivity contribution in [1.29, 1.82) is 0 Å². The molecule has 1 aliphatic rings. The first-order chi connectivity index (χ1) is 6.27. The first-order valence-corrected chi connectivity index (χ1v) is 6.50. The molecule has 0 aromatic heterocycles. The molecule has 0 saturated carbocycles. The second-order valence-electron chi connectivity index (χ2n) is 4.02. The van der Waals surface area contributed by atoms with Crippen LogP contribution in [-0.2, 0) is 0 Å². The Morgan fingerprint density at radius 1 is 1.31 bits per heavy atom. The van der Waals surface area contributed by atoms with Crippen molar-refractivity contribution in [2.45, 2.75) is 32.2 Å². The van der Waals surface area contributed by atoms with E-state index in [2.05, 4.69) is 37.1 Å². The summed E-state index contributed by atoms with van der Waals surface area (Å²) in [5.41, 5.74) is 0. The fourth-order valence-electron chi connectivity index (χ4n) is 1.98. The van der Waals surface area contributed by atoms with E-state index < -0.39 is 0 Å². The van der Waals surface area contributed by atoms with E-state index in [0.29, 0.717) is 6.04 Å². The molecule has 0 amide bonds. The lowest BCUT2D eigenvalue weighted by atomic mass is 9.94. The van der Waals surface area contributed by atoms with Gasteiger partial charge in [0.2, 0.25) is 0 Å². The molecule has 1 saturated heterocycles. The lowest BCUT2D eigenvalue weighted by molar-refractivity contribution is 0.150. The van der Waals surface area contributed by atoms with Crippen LogP contribution in [0, 0.1) is 5.92 Å². The molecule has 1 fully saturated rings. The Kier molecular flexibility index (Phi) is 5.60. The Morgan fingerprint density at radius 3 is 2.38 bits per heavy atom. The Hall–Kier alpha value is 0.660. The van der Waals surface area contributed by atoms with Crippen LogP contribution in [0.3, 0.4) is 0 Å². The van der Waals surface area contributed by atoms with Crippen molar-refractivity contribution in [2.24, 2.45) is 5.92 Å². The first-order valence-electron chi connectivity index (χ1n) is 5.23. The fraction of sp³-hybridized carbons (Fsp3) is 1.00. The molecule has 1 atom stereocenters. The summed E-state index contributed by atoms with van der Waals surface area (Å²) in [4.78, 5) is 2.56. The normalized spacial score (nSPS) is 23.3. The van der Waals surface area contributed by atoms with Gasteiger partial charge in [-0.3, -0.25) is 4.90 Å². The maximum absolute atomic E-state index is 4.34. The summed E-state index contributed by atoms with van der Waals surface area (Å²) in [6, 6.07) is 0.653. The highest BCUT2D eigenvalue weighted by molar-refractivity contribution is 7.80. The van der Waals surface area contributed by atoms with E-state index in [1.54, 1.807) is 0 Å². The van der Waals surface area contributed by atoms with Crippen molar-refractivity contribution in [3.63, 3.8) is 0 Å². The molecule has 13 heavy (non-hydrogen) atoms. The van der Waals surface area contributed by atoms with E-state index in [9.17, 15) is 0 Å². The van der Waals surface area contributed by atoms with Gasteiger partial charge in [-0.25, -0.2) is 0 Å². The SMILES string of the molecule is CC(CS)N1CCC(CCS)CC1. The number of rotatable bonds is 4. The minimum atomic E-state index is 0.653. The van der Waals surface area contributed by atoms with Gasteiger partial charge in [-0.1, -0.05) is 0 Å². The number of thiol groups is 2. The summed E-state index contributed by atoms with van der Waals surface area (Å²) in [5.74, 6) is 2.96. The standard InChI is InChI=1S/C10H21NS2/c1-9(8-13)11-5-2-10(3-6-11)4-7-12/h9-10,12-13H,2-8H2,1H3. The molecular weight excluding hydrogens is 198 g/mol. The van der Waals surface area contributed by atoms with Gasteiger partial charge in [-0.2, -0.15) is 25.3 Å². The average Bonchev–Trinajstić information content (AvgIpc) is 2.18. The molecule has 1 rings (SSSR count). The zero-order valence-electron chi connectivity index (χ0n) is 8.45. The number of nitrogens with zero attached hydrogens (tertiary/aromatic N) is 1. The van der Waals surface area contributed by atoms with Crippen LogP contribution in [0.1, 0.15) is 26.2 Å². The summed E-state index contributed by atoms with van der Waals surface area (Å²) in [6.07, 6.45) is 4.02. The highest BCUT2D eigenvalue weighted by Crippen LogP contribution is 2.22. The van der Waals surface area contributed by atoms with Crippen LogP contribution in [0.25, 0.3) is 0 Å². The van der Waals surface area contributed by atoms with E-state index >= 15 is 0 Å². The Bertz CT molecular complexity index is 133. The van der Waals surface area contributed by atoms with E-state index in [4.69, 9.17) is 0 Å². The maximum atomic E-state index is 4.34. The molecule has 1 heterocycles. The highest BCUT2D eigenvalue weighted by Gasteiger charge is 2.21. The minimum absolute atomic E-state index is 0.653. The van der Waals surface area contributed by atoms with Gasteiger partial charge in [0.15, 0.2) is 0 Å². The van der Waals surface area contributed by atoms with Crippen molar-refractivity contribution in [3.05, 3.63) is 0 Å². The molecule has 0 spiro atoms. The summed E-state index contributed by atoms with van der Waals surface area (Å²) >= 11 is 8.62. The second-order valence-corrected chi connectivity index (χ2v) is 4.84. The lowest BCUT2D eigenvalue weighted by Crippen LogP contribution is -2.40. The van der Waals surface area contributed by atoms with Gasteiger partial charge < -0.3 is 0 Å². The Balaban J connectivity index is 2.22. The quantitative estimate of drug-likeness (QED) is 0.687. The van der Waals surface area contributed by atoms with Crippen LogP contribution in [0.15, 0.2) is 0 Å². The summed E-state index contributed by atoms with van der Waals surface area (Å²) in [7, 11) is 0. The topological polar surface area (TPSA) is 3.24 Å². The minimum Gasteiger partial charge on any atom is -0.300 e. The molecule has 0 radical (unpaired) electrons. The van der Waals surface area contributed by atoms with E-state index in [-0.39, 0.29) is 0 Å². The third-order valence-electron chi connectivity index (χ3n) is 3.07. The highest BCUT2D eigenvalue weighted by atomic mass is 32.1. The molecule has 0 aliphatic carbocycles. The van der Waals surface area contributed by atoms with E-state index in [1.807, 2.05) is 0 Å². The zero-order valence-corrected chi connectivity index (χ0v) is 10.2. The molecule has 0 N–H and O–H groups in total. The smallest absolute Gasteiger partial charge is 0.0155 e. The van der Waals surface area contributed by atoms with E-state index in [0.717, 1.165) is 17.4 Å². The Morgan fingerprint density at radius 2 is 1.92 bits per heavy atom.